The van der Waals surface area contributed by atoms with Crippen LogP contribution < -0.4 is 10.4 Å². The Morgan fingerprint density at radius 3 is 2.55 bits per heavy atom. The molecule has 7 heteroatoms. The summed E-state index contributed by atoms with van der Waals surface area (Å²) in [5.74, 6) is 0. The maximum atomic E-state index is 12.4. The lowest BCUT2D eigenvalue weighted by molar-refractivity contribution is 0.581. The molecular weight excluding hydrogens is 302 g/mol. The Labute approximate surface area is 127 Å². The van der Waals surface area contributed by atoms with E-state index in [9.17, 15) is 13.2 Å². The minimum absolute atomic E-state index is 0.115. The van der Waals surface area contributed by atoms with Crippen LogP contribution in [0.15, 0.2) is 52.2 Å². The first-order valence-electron chi connectivity index (χ1n) is 6.72. The summed E-state index contributed by atoms with van der Waals surface area (Å²) in [6, 6.07) is 12.1. The molecule has 1 aromatic heterocycles. The Bertz CT molecular complexity index is 986. The molecule has 0 atom stereocenters. The topological polar surface area (TPSA) is 94.8 Å². The van der Waals surface area contributed by atoms with E-state index in [1.54, 1.807) is 6.07 Å². The van der Waals surface area contributed by atoms with E-state index in [1.807, 2.05) is 31.2 Å². The van der Waals surface area contributed by atoms with Gasteiger partial charge in [-0.1, -0.05) is 24.3 Å². The summed E-state index contributed by atoms with van der Waals surface area (Å²) in [6.07, 6.45) is 0. The quantitative estimate of drug-likeness (QED) is 0.682. The Morgan fingerprint density at radius 2 is 1.77 bits per heavy atom. The number of hydrogen-bond donors (Lipinski definition) is 3. The molecule has 22 heavy (non-hydrogen) atoms. The van der Waals surface area contributed by atoms with Gasteiger partial charge < -0.3 is 9.97 Å². The van der Waals surface area contributed by atoms with Crippen molar-refractivity contribution in [3.05, 3.63) is 64.1 Å². The van der Waals surface area contributed by atoms with E-state index in [-0.39, 0.29) is 17.1 Å². The molecule has 0 amide bonds. The summed E-state index contributed by atoms with van der Waals surface area (Å²) in [7, 11) is -3.64. The van der Waals surface area contributed by atoms with Crippen molar-refractivity contribution >= 4 is 21.1 Å². The Kier molecular flexibility index (Phi) is 3.59. The van der Waals surface area contributed by atoms with Gasteiger partial charge in [-0.15, -0.1) is 0 Å². The molecule has 0 unspecified atom stereocenters. The van der Waals surface area contributed by atoms with Crippen LogP contribution in [0.2, 0.25) is 0 Å². The van der Waals surface area contributed by atoms with Crippen LogP contribution in [0.3, 0.4) is 0 Å². The van der Waals surface area contributed by atoms with Gasteiger partial charge in [-0.2, -0.15) is 0 Å². The van der Waals surface area contributed by atoms with Crippen molar-refractivity contribution in [2.45, 2.75) is 18.4 Å². The highest BCUT2D eigenvalue weighted by atomic mass is 32.2. The van der Waals surface area contributed by atoms with E-state index in [2.05, 4.69) is 14.7 Å². The molecule has 0 fully saturated rings. The second-order valence-electron chi connectivity index (χ2n) is 5.04. The first-order valence-corrected chi connectivity index (χ1v) is 8.20. The van der Waals surface area contributed by atoms with Gasteiger partial charge in [0.05, 0.1) is 15.9 Å². The first-order chi connectivity index (χ1) is 10.5. The Morgan fingerprint density at radius 1 is 1.05 bits per heavy atom. The van der Waals surface area contributed by atoms with E-state index in [0.29, 0.717) is 11.0 Å². The third kappa shape index (κ3) is 2.81. The maximum absolute atomic E-state index is 12.4. The summed E-state index contributed by atoms with van der Waals surface area (Å²) in [4.78, 5) is 16.5. The molecule has 0 bridgehead atoms. The van der Waals surface area contributed by atoms with Crippen molar-refractivity contribution in [2.75, 3.05) is 0 Å². The average Bonchev–Trinajstić information content (AvgIpc) is 2.85. The zero-order chi connectivity index (χ0) is 15.7. The largest absolute Gasteiger partial charge is 0.323 e. The molecule has 0 spiro atoms. The third-order valence-electron chi connectivity index (χ3n) is 3.51. The standard InChI is InChI=1S/C15H15N3O3S/c1-10-4-2-3-5-11(10)9-16-22(20,21)12-6-7-13-14(8-12)18-15(19)17-13/h2-8,16H,9H2,1H3,(H2,17,18,19). The lowest BCUT2D eigenvalue weighted by Crippen LogP contribution is -2.23. The number of nitrogens with one attached hydrogen (secondary N) is 3. The number of imidazole rings is 1. The average molecular weight is 317 g/mol. The number of sulfonamides is 1. The van der Waals surface area contributed by atoms with Crippen LogP contribution in [0, 0.1) is 6.92 Å². The summed E-state index contributed by atoms with van der Waals surface area (Å²) in [5, 5.41) is 0. The van der Waals surface area contributed by atoms with Gasteiger partial charge in [-0.05, 0) is 36.2 Å². The van der Waals surface area contributed by atoms with Crippen molar-refractivity contribution in [3.63, 3.8) is 0 Å². The minimum atomic E-state index is -3.64. The molecule has 0 aliphatic carbocycles. The van der Waals surface area contributed by atoms with E-state index < -0.39 is 10.0 Å². The molecule has 3 rings (SSSR count). The predicted molar refractivity (Wildman–Crippen MR) is 84.1 cm³/mol. The van der Waals surface area contributed by atoms with Gasteiger partial charge in [-0.25, -0.2) is 17.9 Å². The molecule has 0 radical (unpaired) electrons. The van der Waals surface area contributed by atoms with Crippen molar-refractivity contribution in [1.82, 2.24) is 14.7 Å². The maximum Gasteiger partial charge on any atom is 0.323 e. The highest BCUT2D eigenvalue weighted by Gasteiger charge is 2.15. The van der Waals surface area contributed by atoms with E-state index in [1.165, 1.54) is 12.1 Å². The molecule has 114 valence electrons. The van der Waals surface area contributed by atoms with E-state index in [4.69, 9.17) is 0 Å². The molecule has 3 N–H and O–H groups in total. The fourth-order valence-electron chi connectivity index (χ4n) is 2.24. The molecular formula is C15H15N3O3S. The van der Waals surface area contributed by atoms with Crippen molar-refractivity contribution in [3.8, 4) is 0 Å². The van der Waals surface area contributed by atoms with Gasteiger partial charge in [0.25, 0.3) is 0 Å². The molecule has 0 aliphatic heterocycles. The molecule has 1 heterocycles. The summed E-state index contributed by atoms with van der Waals surface area (Å²) >= 11 is 0. The number of H-pyrrole nitrogens is 2. The smallest absolute Gasteiger partial charge is 0.306 e. The second kappa shape index (κ2) is 5.43. The fourth-order valence-corrected chi connectivity index (χ4v) is 3.28. The minimum Gasteiger partial charge on any atom is -0.306 e. The summed E-state index contributed by atoms with van der Waals surface area (Å²) in [6.45, 7) is 2.15. The van der Waals surface area contributed by atoms with Gasteiger partial charge in [0.1, 0.15) is 0 Å². The van der Waals surface area contributed by atoms with Gasteiger partial charge >= 0.3 is 5.69 Å². The van der Waals surface area contributed by atoms with E-state index in [0.717, 1.165) is 11.1 Å². The normalized spacial score (nSPS) is 11.9. The fraction of sp³-hybridized carbons (Fsp3) is 0.133. The first kappa shape index (κ1) is 14.6. The van der Waals surface area contributed by atoms with Crippen molar-refractivity contribution in [1.29, 1.82) is 0 Å². The Hall–Kier alpha value is -2.38. The number of aromatic nitrogens is 2. The monoisotopic (exact) mass is 317 g/mol. The number of benzene rings is 2. The Balaban J connectivity index is 1.88. The SMILES string of the molecule is Cc1ccccc1CNS(=O)(=O)c1ccc2[nH]c(=O)[nH]c2c1. The third-order valence-corrected chi connectivity index (χ3v) is 4.91. The zero-order valence-electron chi connectivity index (χ0n) is 11.9. The molecule has 2 aromatic carbocycles. The van der Waals surface area contributed by atoms with Crippen LogP contribution in [-0.4, -0.2) is 18.4 Å². The number of hydrogen-bond acceptors (Lipinski definition) is 3. The second-order valence-corrected chi connectivity index (χ2v) is 6.80. The van der Waals surface area contributed by atoms with Crippen LogP contribution in [0.25, 0.3) is 11.0 Å². The summed E-state index contributed by atoms with van der Waals surface area (Å²) < 4.78 is 27.3. The van der Waals surface area contributed by atoms with Gasteiger partial charge in [0, 0.05) is 6.54 Å². The van der Waals surface area contributed by atoms with Gasteiger partial charge in [-0.3, -0.25) is 0 Å². The molecule has 3 aromatic rings. The van der Waals surface area contributed by atoms with Crippen LogP contribution in [0.4, 0.5) is 0 Å². The van der Waals surface area contributed by atoms with Crippen molar-refractivity contribution < 1.29 is 8.42 Å². The number of aryl methyl sites for hydroxylation is 1. The zero-order valence-corrected chi connectivity index (χ0v) is 12.7. The highest BCUT2D eigenvalue weighted by molar-refractivity contribution is 7.89. The predicted octanol–water partition coefficient (Wildman–Crippen LogP) is 1.64. The molecule has 6 nitrogen and oxygen atoms in total. The number of rotatable bonds is 4. The van der Waals surface area contributed by atoms with Crippen LogP contribution in [-0.2, 0) is 16.6 Å². The van der Waals surface area contributed by atoms with Crippen LogP contribution >= 0.6 is 0 Å². The lowest BCUT2D eigenvalue weighted by Gasteiger charge is -2.09. The lowest BCUT2D eigenvalue weighted by atomic mass is 10.1. The van der Waals surface area contributed by atoms with Crippen LogP contribution in [0.5, 0.6) is 0 Å². The van der Waals surface area contributed by atoms with Crippen LogP contribution in [0.1, 0.15) is 11.1 Å². The van der Waals surface area contributed by atoms with Gasteiger partial charge in [0.15, 0.2) is 0 Å². The van der Waals surface area contributed by atoms with Crippen molar-refractivity contribution in [2.24, 2.45) is 0 Å². The van der Waals surface area contributed by atoms with E-state index >= 15 is 0 Å². The molecule has 0 saturated carbocycles. The molecule has 0 aliphatic rings. The number of aromatic amines is 2. The highest BCUT2D eigenvalue weighted by Crippen LogP contribution is 2.16. The summed E-state index contributed by atoms with van der Waals surface area (Å²) in [5.41, 5.74) is 2.61. The molecule has 0 saturated heterocycles. The number of fused-ring (bicyclic) bond motifs is 1. The van der Waals surface area contributed by atoms with Gasteiger partial charge in [0.2, 0.25) is 10.0 Å².